The monoisotopic (exact) mass is 508 g/mol. The third-order valence-corrected chi connectivity index (χ3v) is 6.37. The SMILES string of the molecule is COc1ccc(N2CCN(C(CNC(=O)C(=O)Nc3ccc(OC)c(OC)c3)c3ccco3)CC2)cc1. The van der Waals surface area contributed by atoms with Gasteiger partial charge >= 0.3 is 11.8 Å². The zero-order chi connectivity index (χ0) is 26.2. The van der Waals surface area contributed by atoms with Crippen LogP contribution < -0.4 is 29.7 Å². The van der Waals surface area contributed by atoms with Crippen molar-refractivity contribution in [1.82, 2.24) is 10.2 Å². The molecular formula is C27H32N4O6. The summed E-state index contributed by atoms with van der Waals surface area (Å²) < 4.78 is 21.4. The highest BCUT2D eigenvalue weighted by Gasteiger charge is 2.28. The molecule has 1 atom stereocenters. The number of benzene rings is 2. The Kier molecular flexibility index (Phi) is 8.52. The van der Waals surface area contributed by atoms with E-state index < -0.39 is 11.8 Å². The van der Waals surface area contributed by atoms with Crippen molar-refractivity contribution in [2.75, 3.05) is 64.3 Å². The zero-order valence-electron chi connectivity index (χ0n) is 21.2. The number of methoxy groups -OCH3 is 3. The van der Waals surface area contributed by atoms with Gasteiger partial charge in [-0.1, -0.05) is 0 Å². The lowest BCUT2D eigenvalue weighted by atomic mass is 10.1. The second kappa shape index (κ2) is 12.2. The summed E-state index contributed by atoms with van der Waals surface area (Å²) in [4.78, 5) is 29.7. The summed E-state index contributed by atoms with van der Waals surface area (Å²) in [6, 6.07) is 16.4. The van der Waals surface area contributed by atoms with Gasteiger partial charge in [0.15, 0.2) is 11.5 Å². The molecule has 0 aliphatic carbocycles. The molecule has 0 saturated carbocycles. The molecule has 2 heterocycles. The number of amides is 2. The number of nitrogens with zero attached hydrogens (tertiary/aromatic N) is 2. The molecule has 10 heteroatoms. The predicted molar refractivity (Wildman–Crippen MR) is 139 cm³/mol. The van der Waals surface area contributed by atoms with E-state index in [1.807, 2.05) is 24.3 Å². The molecule has 3 aromatic rings. The van der Waals surface area contributed by atoms with Gasteiger partial charge in [-0.3, -0.25) is 14.5 Å². The quantitative estimate of drug-likeness (QED) is 0.425. The van der Waals surface area contributed by atoms with Crippen molar-refractivity contribution >= 4 is 23.2 Å². The van der Waals surface area contributed by atoms with Crippen molar-refractivity contribution < 1.29 is 28.2 Å². The second-order valence-corrected chi connectivity index (χ2v) is 8.49. The van der Waals surface area contributed by atoms with Gasteiger partial charge in [0.1, 0.15) is 11.5 Å². The van der Waals surface area contributed by atoms with Crippen molar-refractivity contribution in [3.63, 3.8) is 0 Å². The summed E-state index contributed by atoms with van der Waals surface area (Å²) in [5.41, 5.74) is 1.56. The largest absolute Gasteiger partial charge is 0.497 e. The molecule has 0 spiro atoms. The van der Waals surface area contributed by atoms with Crippen LogP contribution in [0.25, 0.3) is 0 Å². The molecule has 2 aromatic carbocycles. The summed E-state index contributed by atoms with van der Waals surface area (Å²) in [5, 5.41) is 5.36. The summed E-state index contributed by atoms with van der Waals surface area (Å²) in [6.07, 6.45) is 1.61. The van der Waals surface area contributed by atoms with Crippen molar-refractivity contribution in [3.05, 3.63) is 66.6 Å². The normalized spacial score (nSPS) is 14.5. The minimum atomic E-state index is -0.769. The van der Waals surface area contributed by atoms with Crippen LogP contribution in [0.1, 0.15) is 11.8 Å². The molecule has 37 heavy (non-hydrogen) atoms. The van der Waals surface area contributed by atoms with Gasteiger partial charge in [0.25, 0.3) is 0 Å². The van der Waals surface area contributed by atoms with Crippen molar-refractivity contribution in [3.8, 4) is 17.2 Å². The lowest BCUT2D eigenvalue weighted by Gasteiger charge is -2.39. The highest BCUT2D eigenvalue weighted by molar-refractivity contribution is 6.39. The Hall–Kier alpha value is -4.18. The molecule has 1 unspecified atom stereocenters. The first-order valence-corrected chi connectivity index (χ1v) is 12.0. The highest BCUT2D eigenvalue weighted by atomic mass is 16.5. The maximum absolute atomic E-state index is 12.6. The number of anilines is 2. The Labute approximate surface area is 216 Å². The van der Waals surface area contributed by atoms with Crippen LogP contribution >= 0.6 is 0 Å². The van der Waals surface area contributed by atoms with Crippen LogP contribution in [0.5, 0.6) is 17.2 Å². The first-order chi connectivity index (χ1) is 18.0. The lowest BCUT2D eigenvalue weighted by molar-refractivity contribution is -0.136. The first-order valence-electron chi connectivity index (χ1n) is 12.0. The molecule has 1 aliphatic heterocycles. The van der Waals surface area contributed by atoms with E-state index in [0.29, 0.717) is 17.2 Å². The number of hydrogen-bond donors (Lipinski definition) is 2. The molecular weight excluding hydrogens is 476 g/mol. The summed E-state index contributed by atoms with van der Waals surface area (Å²) in [6.45, 7) is 3.40. The molecule has 10 nitrogen and oxygen atoms in total. The maximum atomic E-state index is 12.6. The van der Waals surface area contributed by atoms with Gasteiger partial charge in [-0.15, -0.1) is 0 Å². The average molecular weight is 509 g/mol. The van der Waals surface area contributed by atoms with E-state index in [-0.39, 0.29) is 12.6 Å². The molecule has 1 aromatic heterocycles. The Bertz CT molecular complexity index is 1170. The van der Waals surface area contributed by atoms with Gasteiger partial charge in [0.2, 0.25) is 0 Å². The molecule has 2 N–H and O–H groups in total. The van der Waals surface area contributed by atoms with Gasteiger partial charge in [-0.05, 0) is 48.5 Å². The van der Waals surface area contributed by atoms with E-state index in [9.17, 15) is 9.59 Å². The number of hydrogen-bond acceptors (Lipinski definition) is 8. The minimum Gasteiger partial charge on any atom is -0.497 e. The van der Waals surface area contributed by atoms with Gasteiger partial charge in [0, 0.05) is 50.2 Å². The number of piperazine rings is 1. The van der Waals surface area contributed by atoms with E-state index in [0.717, 1.165) is 43.4 Å². The Morgan fingerprint density at radius 2 is 1.62 bits per heavy atom. The number of furan rings is 1. The standard InChI is InChI=1S/C27H32N4O6/c1-34-21-9-7-20(8-10-21)30-12-14-31(15-13-30)22(23-5-4-16-37-23)18-28-26(32)27(33)29-19-6-11-24(35-2)25(17-19)36-3/h4-11,16-17,22H,12-15,18H2,1-3H3,(H,28,32)(H,29,33). The van der Waals surface area contributed by atoms with Crippen LogP contribution in [0.3, 0.4) is 0 Å². The zero-order valence-corrected chi connectivity index (χ0v) is 21.2. The van der Waals surface area contributed by atoms with E-state index in [1.165, 1.54) is 14.2 Å². The van der Waals surface area contributed by atoms with Crippen molar-refractivity contribution in [2.24, 2.45) is 0 Å². The lowest BCUT2D eigenvalue weighted by Crippen LogP contribution is -2.50. The fraction of sp³-hybridized carbons (Fsp3) is 0.333. The van der Waals surface area contributed by atoms with Crippen molar-refractivity contribution in [1.29, 1.82) is 0 Å². The van der Waals surface area contributed by atoms with Crippen LogP contribution in [-0.4, -0.2) is 70.8 Å². The molecule has 0 radical (unpaired) electrons. The van der Waals surface area contributed by atoms with Gasteiger partial charge in [-0.2, -0.15) is 0 Å². The third-order valence-electron chi connectivity index (χ3n) is 6.37. The highest BCUT2D eigenvalue weighted by Crippen LogP contribution is 2.30. The van der Waals surface area contributed by atoms with Crippen LogP contribution in [-0.2, 0) is 9.59 Å². The van der Waals surface area contributed by atoms with E-state index >= 15 is 0 Å². The molecule has 1 saturated heterocycles. The maximum Gasteiger partial charge on any atom is 0.313 e. The third kappa shape index (κ3) is 6.34. The Balaban J connectivity index is 1.35. The Morgan fingerprint density at radius 1 is 0.892 bits per heavy atom. The van der Waals surface area contributed by atoms with Crippen LogP contribution in [0.4, 0.5) is 11.4 Å². The molecule has 2 amide bonds. The van der Waals surface area contributed by atoms with Crippen molar-refractivity contribution in [2.45, 2.75) is 6.04 Å². The van der Waals surface area contributed by atoms with E-state index in [2.05, 4.69) is 32.6 Å². The van der Waals surface area contributed by atoms with Crippen LogP contribution in [0, 0.1) is 0 Å². The first kappa shape index (κ1) is 25.9. The molecule has 1 fully saturated rings. The molecule has 4 rings (SSSR count). The number of rotatable bonds is 9. The van der Waals surface area contributed by atoms with E-state index in [4.69, 9.17) is 18.6 Å². The molecule has 1 aliphatic rings. The minimum absolute atomic E-state index is 0.203. The second-order valence-electron chi connectivity index (χ2n) is 8.49. The smallest absolute Gasteiger partial charge is 0.313 e. The van der Waals surface area contributed by atoms with Gasteiger partial charge in [-0.25, -0.2) is 0 Å². The molecule has 196 valence electrons. The Morgan fingerprint density at radius 3 is 2.24 bits per heavy atom. The number of nitrogens with one attached hydrogen (secondary N) is 2. The van der Waals surface area contributed by atoms with E-state index in [1.54, 1.807) is 31.6 Å². The fourth-order valence-electron chi connectivity index (χ4n) is 4.35. The summed E-state index contributed by atoms with van der Waals surface area (Å²) >= 11 is 0. The van der Waals surface area contributed by atoms with Crippen LogP contribution in [0.2, 0.25) is 0 Å². The number of carbonyl (C=O) groups is 2. The fourth-order valence-corrected chi connectivity index (χ4v) is 4.35. The summed E-state index contributed by atoms with van der Waals surface area (Å²) in [7, 11) is 4.68. The number of carbonyl (C=O) groups excluding carboxylic acids is 2. The summed E-state index contributed by atoms with van der Waals surface area (Å²) in [5.74, 6) is 1.04. The molecule has 0 bridgehead atoms. The topological polar surface area (TPSA) is 106 Å². The van der Waals surface area contributed by atoms with Gasteiger partial charge < -0.3 is 34.2 Å². The number of ether oxygens (including phenoxy) is 3. The average Bonchev–Trinajstić information content (AvgIpc) is 3.48. The predicted octanol–water partition coefficient (Wildman–Crippen LogP) is 2.92. The van der Waals surface area contributed by atoms with Crippen LogP contribution in [0.15, 0.2) is 65.3 Å². The van der Waals surface area contributed by atoms with Gasteiger partial charge in [0.05, 0.1) is 33.6 Å².